The summed E-state index contributed by atoms with van der Waals surface area (Å²) in [5.74, 6) is -0.399. The maximum absolute atomic E-state index is 12.0. The summed E-state index contributed by atoms with van der Waals surface area (Å²) in [6.07, 6.45) is 1.21. The van der Waals surface area contributed by atoms with Crippen molar-refractivity contribution in [2.75, 3.05) is 13.2 Å². The summed E-state index contributed by atoms with van der Waals surface area (Å²) in [5.41, 5.74) is 0.0909. The zero-order valence-corrected chi connectivity index (χ0v) is 15.5. The van der Waals surface area contributed by atoms with Gasteiger partial charge in [-0.05, 0) is 18.1 Å². The van der Waals surface area contributed by atoms with Gasteiger partial charge in [0, 0.05) is 6.54 Å². The van der Waals surface area contributed by atoms with Crippen LogP contribution in [0.25, 0.3) is 0 Å². The molecule has 1 amide bonds. The van der Waals surface area contributed by atoms with E-state index in [0.29, 0.717) is 13.2 Å². The maximum Gasteiger partial charge on any atom is 0.257 e. The first-order valence-corrected chi connectivity index (χ1v) is 10.3. The fraction of sp³-hybridized carbons (Fsp3) is 0.615. The number of aromatic nitrogens is 2. The van der Waals surface area contributed by atoms with Crippen LogP contribution < -0.4 is 5.32 Å². The van der Waals surface area contributed by atoms with Crippen molar-refractivity contribution >= 4 is 37.4 Å². The molecule has 0 aliphatic carbocycles. The van der Waals surface area contributed by atoms with Crippen LogP contribution in [0.4, 0.5) is 0 Å². The average Bonchev–Trinajstić information content (AvgIpc) is 2.33. The Hall–Kier alpha value is -0.693. The van der Waals surface area contributed by atoms with Gasteiger partial charge in [0.2, 0.25) is 0 Å². The Balaban J connectivity index is 2.52. The number of amides is 1. The number of halogens is 2. The summed E-state index contributed by atoms with van der Waals surface area (Å²) in [5, 5.41) is 2.93. The van der Waals surface area contributed by atoms with Crippen molar-refractivity contribution in [2.24, 2.45) is 0 Å². The second kappa shape index (κ2) is 7.04. The Bertz CT molecular complexity index is 498. The van der Waals surface area contributed by atoms with Crippen molar-refractivity contribution in [1.29, 1.82) is 0 Å². The van der Waals surface area contributed by atoms with Crippen molar-refractivity contribution < 1.29 is 9.22 Å². The van der Waals surface area contributed by atoms with Crippen LogP contribution in [0.5, 0.6) is 0 Å². The molecule has 0 radical (unpaired) electrons. The molecule has 0 saturated carbocycles. The van der Waals surface area contributed by atoms with E-state index in [1.807, 2.05) is 0 Å². The second-order valence-corrected chi connectivity index (χ2v) is 11.7. The molecule has 0 bridgehead atoms. The van der Waals surface area contributed by atoms with Gasteiger partial charge < -0.3 is 9.74 Å². The standard InChI is InChI=1S/C13H21Cl2N3O2Si/c1-13(2,3)21(4,5)20-7-6-16-12(19)9-10(14)17-8-18-11(9)15/h8H,6-7H2,1-5H3,(H,16,19). The van der Waals surface area contributed by atoms with Gasteiger partial charge in [0.15, 0.2) is 8.32 Å². The summed E-state index contributed by atoms with van der Waals surface area (Å²) >= 11 is 11.7. The zero-order chi connectivity index (χ0) is 16.3. The number of hydrogen-bond acceptors (Lipinski definition) is 4. The topological polar surface area (TPSA) is 64.1 Å². The quantitative estimate of drug-likeness (QED) is 0.501. The molecule has 0 fully saturated rings. The third kappa shape index (κ3) is 4.91. The van der Waals surface area contributed by atoms with Gasteiger partial charge in [0.05, 0.1) is 6.61 Å². The van der Waals surface area contributed by atoms with Gasteiger partial charge in [0.1, 0.15) is 22.2 Å². The molecule has 0 aromatic carbocycles. The SMILES string of the molecule is CC(C)(C)[Si](C)(C)OCCNC(=O)c1c(Cl)ncnc1Cl. The van der Waals surface area contributed by atoms with Crippen molar-refractivity contribution in [3.8, 4) is 0 Å². The molecule has 0 spiro atoms. The highest BCUT2D eigenvalue weighted by atomic mass is 35.5. The largest absolute Gasteiger partial charge is 0.415 e. The van der Waals surface area contributed by atoms with Crippen molar-refractivity contribution in [3.05, 3.63) is 22.2 Å². The summed E-state index contributed by atoms with van der Waals surface area (Å²) in [6.45, 7) is 11.6. The molecule has 0 unspecified atom stereocenters. The lowest BCUT2D eigenvalue weighted by atomic mass is 10.2. The molecule has 21 heavy (non-hydrogen) atoms. The minimum Gasteiger partial charge on any atom is -0.415 e. The Morgan fingerprint density at radius 3 is 2.29 bits per heavy atom. The molecular weight excluding hydrogens is 329 g/mol. The van der Waals surface area contributed by atoms with Gasteiger partial charge in [-0.25, -0.2) is 9.97 Å². The third-order valence-corrected chi connectivity index (χ3v) is 8.75. The first-order chi connectivity index (χ1) is 9.56. The smallest absolute Gasteiger partial charge is 0.257 e. The van der Waals surface area contributed by atoms with E-state index in [1.54, 1.807) is 0 Å². The molecule has 0 aliphatic heterocycles. The Labute approximate surface area is 136 Å². The predicted molar refractivity (Wildman–Crippen MR) is 87.5 cm³/mol. The number of hydrogen-bond donors (Lipinski definition) is 1. The Morgan fingerprint density at radius 1 is 1.29 bits per heavy atom. The van der Waals surface area contributed by atoms with Crippen LogP contribution in [0.1, 0.15) is 31.1 Å². The van der Waals surface area contributed by atoms with E-state index >= 15 is 0 Å². The van der Waals surface area contributed by atoms with Crippen LogP contribution in [0.3, 0.4) is 0 Å². The average molecular weight is 350 g/mol. The lowest BCUT2D eigenvalue weighted by molar-refractivity contribution is 0.0945. The summed E-state index contributed by atoms with van der Waals surface area (Å²) < 4.78 is 5.97. The van der Waals surface area contributed by atoms with Crippen molar-refractivity contribution in [2.45, 2.75) is 38.9 Å². The molecule has 0 aliphatic rings. The molecule has 1 aromatic rings. The minimum absolute atomic E-state index is 0.0396. The number of carbonyl (C=O) groups excluding carboxylic acids is 1. The number of carbonyl (C=O) groups is 1. The Kier molecular flexibility index (Phi) is 6.16. The van der Waals surface area contributed by atoms with Gasteiger partial charge in [-0.1, -0.05) is 44.0 Å². The highest BCUT2D eigenvalue weighted by Crippen LogP contribution is 2.36. The maximum atomic E-state index is 12.0. The van der Waals surface area contributed by atoms with Crippen LogP contribution in [0.15, 0.2) is 6.33 Å². The first-order valence-electron chi connectivity index (χ1n) is 6.64. The van der Waals surface area contributed by atoms with Gasteiger partial charge in [0.25, 0.3) is 5.91 Å². The van der Waals surface area contributed by atoms with E-state index in [4.69, 9.17) is 27.6 Å². The van der Waals surface area contributed by atoms with E-state index in [2.05, 4.69) is 49.1 Å². The van der Waals surface area contributed by atoms with E-state index in [1.165, 1.54) is 6.33 Å². The van der Waals surface area contributed by atoms with Crippen molar-refractivity contribution in [3.63, 3.8) is 0 Å². The van der Waals surface area contributed by atoms with E-state index in [-0.39, 0.29) is 20.9 Å². The van der Waals surface area contributed by atoms with E-state index < -0.39 is 14.2 Å². The summed E-state index contributed by atoms with van der Waals surface area (Å²) in [7, 11) is -1.81. The zero-order valence-electron chi connectivity index (χ0n) is 13.0. The fourth-order valence-corrected chi connectivity index (χ4v) is 2.84. The summed E-state index contributed by atoms with van der Waals surface area (Å²) in [6, 6.07) is 0. The summed E-state index contributed by atoms with van der Waals surface area (Å²) in [4.78, 5) is 19.5. The van der Waals surface area contributed by atoms with Crippen molar-refractivity contribution in [1.82, 2.24) is 15.3 Å². The molecule has 1 aromatic heterocycles. The monoisotopic (exact) mass is 349 g/mol. The highest BCUT2D eigenvalue weighted by Gasteiger charge is 2.36. The van der Waals surface area contributed by atoms with Gasteiger partial charge in [-0.3, -0.25) is 4.79 Å². The van der Waals surface area contributed by atoms with Gasteiger partial charge in [-0.2, -0.15) is 0 Å². The lowest BCUT2D eigenvalue weighted by Gasteiger charge is -2.36. The number of nitrogens with one attached hydrogen (secondary N) is 1. The van der Waals surface area contributed by atoms with Crippen LogP contribution in [-0.2, 0) is 4.43 Å². The van der Waals surface area contributed by atoms with Crippen LogP contribution in [0.2, 0.25) is 28.4 Å². The fourth-order valence-electron chi connectivity index (χ4n) is 1.31. The molecule has 1 heterocycles. The van der Waals surface area contributed by atoms with Crippen LogP contribution in [0, 0.1) is 0 Å². The van der Waals surface area contributed by atoms with Gasteiger partial charge >= 0.3 is 0 Å². The number of rotatable bonds is 5. The molecular formula is C13H21Cl2N3O2Si. The minimum atomic E-state index is -1.81. The molecule has 118 valence electrons. The number of nitrogens with zero attached hydrogens (tertiary/aromatic N) is 2. The Morgan fingerprint density at radius 2 is 1.81 bits per heavy atom. The first kappa shape index (κ1) is 18.4. The van der Waals surface area contributed by atoms with Gasteiger partial charge in [-0.15, -0.1) is 0 Å². The molecule has 8 heteroatoms. The van der Waals surface area contributed by atoms with Crippen LogP contribution in [-0.4, -0.2) is 37.3 Å². The van der Waals surface area contributed by atoms with Crippen LogP contribution >= 0.6 is 23.2 Å². The molecule has 1 rings (SSSR count). The lowest BCUT2D eigenvalue weighted by Crippen LogP contribution is -2.42. The highest BCUT2D eigenvalue weighted by molar-refractivity contribution is 6.74. The molecule has 0 saturated heterocycles. The predicted octanol–water partition coefficient (Wildman–Crippen LogP) is 3.54. The third-order valence-electron chi connectivity index (χ3n) is 3.64. The second-order valence-electron chi connectivity index (χ2n) is 6.19. The van der Waals surface area contributed by atoms with E-state index in [9.17, 15) is 4.79 Å². The van der Waals surface area contributed by atoms with E-state index in [0.717, 1.165) is 0 Å². The molecule has 0 atom stereocenters. The molecule has 1 N–H and O–H groups in total. The normalized spacial score (nSPS) is 12.3. The molecule has 5 nitrogen and oxygen atoms in total.